The number of benzene rings is 1. The molecule has 1 aromatic heterocycles. The minimum absolute atomic E-state index is 0.0257. The van der Waals surface area contributed by atoms with Crippen LogP contribution in [-0.2, 0) is 20.7 Å². The Morgan fingerprint density at radius 3 is 2.74 bits per heavy atom. The molecule has 0 saturated heterocycles. The van der Waals surface area contributed by atoms with Crippen LogP contribution in [0.3, 0.4) is 0 Å². The first-order valence-corrected chi connectivity index (χ1v) is 6.85. The van der Waals surface area contributed by atoms with Crippen LogP contribution in [0.25, 0.3) is 0 Å². The van der Waals surface area contributed by atoms with Crippen molar-refractivity contribution >= 4 is 11.9 Å². The first-order valence-electron chi connectivity index (χ1n) is 6.85. The summed E-state index contributed by atoms with van der Waals surface area (Å²) in [5.74, 6) is -2.33. The molecule has 1 atom stereocenters. The van der Waals surface area contributed by atoms with Gasteiger partial charge in [0.1, 0.15) is 17.4 Å². The monoisotopic (exact) mass is 323 g/mol. The van der Waals surface area contributed by atoms with E-state index >= 15 is 0 Å². The number of hydrogen-bond acceptors (Lipinski definition) is 4. The largest absolute Gasteiger partial charge is 0.469 e. The van der Waals surface area contributed by atoms with E-state index in [4.69, 9.17) is 4.42 Å². The molecule has 0 spiro atoms. The summed E-state index contributed by atoms with van der Waals surface area (Å²) in [6.45, 7) is 0. The average molecular weight is 323 g/mol. The predicted molar refractivity (Wildman–Crippen MR) is 76.3 cm³/mol. The second-order valence-corrected chi connectivity index (χ2v) is 4.77. The van der Waals surface area contributed by atoms with E-state index in [1.54, 1.807) is 12.1 Å². The van der Waals surface area contributed by atoms with Gasteiger partial charge in [0.05, 0.1) is 13.4 Å². The normalized spacial score (nSPS) is 11.8. The standard InChI is InChI=1S/C16H15F2NO4/c1-22-16(21)15(12-9-10(17)4-6-13(12)18)19-14(20)7-5-11-3-2-8-23-11/h2-4,6,8-9,15H,5,7H2,1H3,(H,19,20)/t15-/m1/s1. The molecule has 1 heterocycles. The van der Waals surface area contributed by atoms with Gasteiger partial charge in [-0.05, 0) is 30.3 Å². The number of rotatable bonds is 6. The van der Waals surface area contributed by atoms with Crippen molar-refractivity contribution in [3.05, 3.63) is 59.6 Å². The summed E-state index contributed by atoms with van der Waals surface area (Å²) in [6.07, 6.45) is 1.82. The van der Waals surface area contributed by atoms with E-state index in [-0.39, 0.29) is 12.0 Å². The number of ether oxygens (including phenoxy) is 1. The lowest BCUT2D eigenvalue weighted by molar-refractivity contribution is -0.145. The quantitative estimate of drug-likeness (QED) is 0.830. The summed E-state index contributed by atoms with van der Waals surface area (Å²) in [7, 11) is 1.10. The molecule has 7 heteroatoms. The van der Waals surface area contributed by atoms with Crippen molar-refractivity contribution < 1.29 is 27.5 Å². The Morgan fingerprint density at radius 1 is 1.30 bits per heavy atom. The number of amides is 1. The van der Waals surface area contributed by atoms with Crippen LogP contribution in [0.4, 0.5) is 8.78 Å². The Labute approximate surface area is 131 Å². The van der Waals surface area contributed by atoms with Gasteiger partial charge in [-0.15, -0.1) is 0 Å². The van der Waals surface area contributed by atoms with Gasteiger partial charge in [-0.2, -0.15) is 0 Å². The van der Waals surface area contributed by atoms with Crippen molar-refractivity contribution in [1.29, 1.82) is 0 Å². The Kier molecular flexibility index (Phi) is 5.46. The maximum Gasteiger partial charge on any atom is 0.333 e. The first-order chi connectivity index (χ1) is 11.0. The van der Waals surface area contributed by atoms with Gasteiger partial charge in [0.25, 0.3) is 0 Å². The van der Waals surface area contributed by atoms with Gasteiger partial charge in [0.2, 0.25) is 5.91 Å². The summed E-state index contributed by atoms with van der Waals surface area (Å²) < 4.78 is 36.8. The van der Waals surface area contributed by atoms with Gasteiger partial charge in [0, 0.05) is 18.4 Å². The third-order valence-electron chi connectivity index (χ3n) is 3.19. The highest BCUT2D eigenvalue weighted by Crippen LogP contribution is 2.20. The minimum atomic E-state index is -1.42. The zero-order valence-corrected chi connectivity index (χ0v) is 12.3. The molecule has 0 bridgehead atoms. The number of halogens is 2. The van der Waals surface area contributed by atoms with Crippen molar-refractivity contribution in [2.45, 2.75) is 18.9 Å². The Morgan fingerprint density at radius 2 is 2.09 bits per heavy atom. The maximum atomic E-state index is 13.8. The van der Waals surface area contributed by atoms with Crippen LogP contribution in [-0.4, -0.2) is 19.0 Å². The van der Waals surface area contributed by atoms with E-state index in [2.05, 4.69) is 10.1 Å². The molecule has 0 fully saturated rings. The van der Waals surface area contributed by atoms with Crippen molar-refractivity contribution in [2.75, 3.05) is 7.11 Å². The number of hydrogen-bond donors (Lipinski definition) is 1. The molecule has 2 rings (SSSR count). The van der Waals surface area contributed by atoms with Crippen LogP contribution in [0.1, 0.15) is 23.8 Å². The fourth-order valence-electron chi connectivity index (χ4n) is 2.04. The Balaban J connectivity index is 2.11. The molecule has 0 aliphatic rings. The van der Waals surface area contributed by atoms with Crippen LogP contribution < -0.4 is 5.32 Å². The van der Waals surface area contributed by atoms with Crippen LogP contribution in [0.5, 0.6) is 0 Å². The molecule has 0 aliphatic heterocycles. The van der Waals surface area contributed by atoms with Crippen molar-refractivity contribution in [1.82, 2.24) is 5.32 Å². The third-order valence-corrected chi connectivity index (χ3v) is 3.19. The van der Waals surface area contributed by atoms with Gasteiger partial charge >= 0.3 is 5.97 Å². The van der Waals surface area contributed by atoms with Crippen LogP contribution in [0, 0.1) is 11.6 Å². The lowest BCUT2D eigenvalue weighted by Gasteiger charge is -2.17. The second-order valence-electron chi connectivity index (χ2n) is 4.77. The fourth-order valence-corrected chi connectivity index (χ4v) is 2.04. The van der Waals surface area contributed by atoms with E-state index in [0.717, 1.165) is 25.3 Å². The molecule has 0 unspecified atom stereocenters. The fraction of sp³-hybridized carbons (Fsp3) is 0.250. The smallest absolute Gasteiger partial charge is 0.333 e. The molecule has 1 aromatic carbocycles. The van der Waals surface area contributed by atoms with Crippen LogP contribution in [0.15, 0.2) is 41.0 Å². The summed E-state index contributed by atoms with van der Waals surface area (Å²) in [5.41, 5.74) is -0.289. The average Bonchev–Trinajstić information content (AvgIpc) is 3.06. The Bertz CT molecular complexity index is 685. The van der Waals surface area contributed by atoms with E-state index in [1.807, 2.05) is 0 Å². The molecule has 5 nitrogen and oxygen atoms in total. The summed E-state index contributed by atoms with van der Waals surface area (Å²) >= 11 is 0. The first kappa shape index (κ1) is 16.7. The lowest BCUT2D eigenvalue weighted by atomic mass is 10.1. The number of carbonyl (C=O) groups is 2. The van der Waals surface area contributed by atoms with Gasteiger partial charge in [0.15, 0.2) is 6.04 Å². The highest BCUT2D eigenvalue weighted by molar-refractivity contribution is 5.85. The molecule has 0 radical (unpaired) electrons. The number of esters is 1. The molecule has 0 saturated carbocycles. The molecule has 1 N–H and O–H groups in total. The zero-order chi connectivity index (χ0) is 16.8. The van der Waals surface area contributed by atoms with E-state index < -0.39 is 29.6 Å². The van der Waals surface area contributed by atoms with E-state index in [0.29, 0.717) is 12.2 Å². The molecule has 0 aliphatic carbocycles. The summed E-state index contributed by atoms with van der Waals surface area (Å²) in [6, 6.07) is 4.63. The van der Waals surface area contributed by atoms with Crippen molar-refractivity contribution in [2.24, 2.45) is 0 Å². The molecule has 2 aromatic rings. The summed E-state index contributed by atoms with van der Waals surface area (Å²) in [4.78, 5) is 23.8. The number of aryl methyl sites for hydroxylation is 1. The van der Waals surface area contributed by atoms with Crippen molar-refractivity contribution in [3.8, 4) is 0 Å². The zero-order valence-electron chi connectivity index (χ0n) is 12.3. The van der Waals surface area contributed by atoms with Crippen LogP contribution >= 0.6 is 0 Å². The highest BCUT2D eigenvalue weighted by Gasteiger charge is 2.26. The minimum Gasteiger partial charge on any atom is -0.469 e. The third kappa shape index (κ3) is 4.38. The molecular formula is C16H15F2NO4. The topological polar surface area (TPSA) is 68.5 Å². The highest BCUT2D eigenvalue weighted by atomic mass is 19.1. The van der Waals surface area contributed by atoms with Gasteiger partial charge in [-0.25, -0.2) is 13.6 Å². The SMILES string of the molecule is COC(=O)[C@H](NC(=O)CCc1ccco1)c1cc(F)ccc1F. The number of carbonyl (C=O) groups excluding carboxylic acids is 2. The van der Waals surface area contributed by atoms with Crippen LogP contribution in [0.2, 0.25) is 0 Å². The van der Waals surface area contributed by atoms with Gasteiger partial charge in [-0.3, -0.25) is 4.79 Å². The second kappa shape index (κ2) is 7.53. The van der Waals surface area contributed by atoms with E-state index in [9.17, 15) is 18.4 Å². The van der Waals surface area contributed by atoms with Crippen molar-refractivity contribution in [3.63, 3.8) is 0 Å². The molecule has 1 amide bonds. The molecular weight excluding hydrogens is 308 g/mol. The van der Waals surface area contributed by atoms with Gasteiger partial charge in [-0.1, -0.05) is 0 Å². The number of furan rings is 1. The van der Waals surface area contributed by atoms with Gasteiger partial charge < -0.3 is 14.5 Å². The summed E-state index contributed by atoms with van der Waals surface area (Å²) in [5, 5.41) is 2.35. The predicted octanol–water partition coefficient (Wildman–Crippen LogP) is 2.52. The number of methoxy groups -OCH3 is 1. The number of nitrogens with one attached hydrogen (secondary N) is 1. The lowest BCUT2D eigenvalue weighted by Crippen LogP contribution is -2.35. The maximum absolute atomic E-state index is 13.8. The Hall–Kier alpha value is -2.70. The van der Waals surface area contributed by atoms with E-state index in [1.165, 1.54) is 6.26 Å². The molecule has 122 valence electrons. The molecule has 23 heavy (non-hydrogen) atoms.